The minimum atomic E-state index is 0.586. The number of nitrogens with one attached hydrogen (secondary N) is 1. The van der Waals surface area contributed by atoms with Gasteiger partial charge in [0, 0.05) is 44.2 Å². The summed E-state index contributed by atoms with van der Waals surface area (Å²) in [6.07, 6.45) is 11.4. The lowest BCUT2D eigenvalue weighted by molar-refractivity contribution is 0.203. The van der Waals surface area contributed by atoms with E-state index in [9.17, 15) is 0 Å². The van der Waals surface area contributed by atoms with Crippen LogP contribution in [-0.2, 0) is 6.42 Å². The Kier molecular flexibility index (Phi) is 5.01. The zero-order valence-electron chi connectivity index (χ0n) is 13.9. The number of hydrogen-bond acceptors (Lipinski definition) is 3. The molecule has 122 valence electrons. The Morgan fingerprint density at radius 1 is 1.36 bits per heavy atom. The maximum Gasteiger partial charge on any atom is 0.193 e. The Balaban J connectivity index is 1.49. The van der Waals surface area contributed by atoms with Crippen molar-refractivity contribution in [2.75, 3.05) is 26.7 Å². The van der Waals surface area contributed by atoms with Crippen LogP contribution in [0.25, 0.3) is 0 Å². The van der Waals surface area contributed by atoms with Crippen LogP contribution in [-0.4, -0.2) is 42.5 Å². The predicted octanol–water partition coefficient (Wildman–Crippen LogP) is 3.23. The number of likely N-dealkylation sites (tertiary alicyclic amines) is 1. The van der Waals surface area contributed by atoms with Gasteiger partial charge in [-0.3, -0.25) is 4.99 Å². The molecule has 4 nitrogen and oxygen atoms in total. The Morgan fingerprint density at radius 3 is 2.86 bits per heavy atom. The average Bonchev–Trinajstić information content (AvgIpc) is 3.12. The van der Waals surface area contributed by atoms with E-state index < -0.39 is 0 Å². The van der Waals surface area contributed by atoms with E-state index in [-0.39, 0.29) is 0 Å². The monoisotopic (exact) mass is 320 g/mol. The van der Waals surface area contributed by atoms with E-state index in [2.05, 4.69) is 27.1 Å². The van der Waals surface area contributed by atoms with Crippen molar-refractivity contribution in [3.63, 3.8) is 0 Å². The number of guanidine groups is 1. The van der Waals surface area contributed by atoms with Gasteiger partial charge < -0.3 is 10.2 Å². The second-order valence-corrected chi connectivity index (χ2v) is 8.14. The van der Waals surface area contributed by atoms with Crippen molar-refractivity contribution in [3.05, 3.63) is 16.1 Å². The number of hydrogen-bond donors (Lipinski definition) is 1. The molecule has 1 N–H and O–H groups in total. The number of nitrogens with zero attached hydrogens (tertiary/aromatic N) is 3. The van der Waals surface area contributed by atoms with Gasteiger partial charge in [-0.1, -0.05) is 19.3 Å². The highest BCUT2D eigenvalue weighted by atomic mass is 32.1. The van der Waals surface area contributed by atoms with Gasteiger partial charge in [-0.2, -0.15) is 0 Å². The average molecular weight is 321 g/mol. The molecule has 22 heavy (non-hydrogen) atoms. The van der Waals surface area contributed by atoms with Gasteiger partial charge in [0.1, 0.15) is 0 Å². The molecule has 1 spiro atoms. The number of aliphatic imine (C=N–C) groups is 1. The van der Waals surface area contributed by atoms with Crippen LogP contribution < -0.4 is 5.32 Å². The fourth-order valence-corrected chi connectivity index (χ4v) is 4.74. The molecule has 0 amide bonds. The molecule has 1 aromatic heterocycles. The molecule has 0 atom stereocenters. The molecule has 5 heteroatoms. The fourth-order valence-electron chi connectivity index (χ4n) is 3.96. The molecule has 1 aliphatic carbocycles. The second kappa shape index (κ2) is 6.99. The molecule has 2 heterocycles. The molecule has 1 aliphatic heterocycles. The summed E-state index contributed by atoms with van der Waals surface area (Å²) in [7, 11) is 1.90. The van der Waals surface area contributed by atoms with Crippen molar-refractivity contribution in [3.8, 4) is 0 Å². The van der Waals surface area contributed by atoms with Crippen LogP contribution in [0.2, 0.25) is 0 Å². The van der Waals surface area contributed by atoms with Gasteiger partial charge in [-0.15, -0.1) is 11.3 Å². The Morgan fingerprint density at radius 2 is 2.18 bits per heavy atom. The van der Waals surface area contributed by atoms with Gasteiger partial charge in [-0.05, 0) is 31.6 Å². The molecule has 2 aliphatic rings. The molecule has 1 saturated carbocycles. The number of aryl methyl sites for hydroxylation is 1. The van der Waals surface area contributed by atoms with Crippen molar-refractivity contribution in [1.29, 1.82) is 0 Å². The summed E-state index contributed by atoms with van der Waals surface area (Å²) in [5, 5.41) is 4.75. The minimum absolute atomic E-state index is 0.586. The Labute approximate surface area is 138 Å². The summed E-state index contributed by atoms with van der Waals surface area (Å²) >= 11 is 1.79. The van der Waals surface area contributed by atoms with Gasteiger partial charge in [0.25, 0.3) is 0 Å². The lowest BCUT2D eigenvalue weighted by Gasteiger charge is -2.33. The van der Waals surface area contributed by atoms with E-state index in [1.54, 1.807) is 11.3 Å². The molecule has 2 fully saturated rings. The van der Waals surface area contributed by atoms with E-state index in [0.29, 0.717) is 5.41 Å². The lowest BCUT2D eigenvalue weighted by Crippen LogP contribution is -2.42. The first-order chi connectivity index (χ1) is 10.7. The summed E-state index contributed by atoms with van der Waals surface area (Å²) in [5.41, 5.74) is 0.586. The summed E-state index contributed by atoms with van der Waals surface area (Å²) in [6.45, 7) is 5.39. The minimum Gasteiger partial charge on any atom is -0.356 e. The molecule has 0 radical (unpaired) electrons. The van der Waals surface area contributed by atoms with Crippen LogP contribution in [0.1, 0.15) is 48.4 Å². The van der Waals surface area contributed by atoms with Crippen molar-refractivity contribution < 1.29 is 0 Å². The zero-order chi connectivity index (χ0) is 15.4. The van der Waals surface area contributed by atoms with Crippen molar-refractivity contribution >= 4 is 17.3 Å². The van der Waals surface area contributed by atoms with Crippen LogP contribution in [0.3, 0.4) is 0 Å². The number of thiazole rings is 1. The molecule has 0 unspecified atom stereocenters. The largest absolute Gasteiger partial charge is 0.356 e. The third kappa shape index (κ3) is 3.62. The van der Waals surface area contributed by atoms with E-state index in [1.807, 2.05) is 13.2 Å². The van der Waals surface area contributed by atoms with E-state index in [0.717, 1.165) is 25.5 Å². The molecule has 1 aromatic rings. The van der Waals surface area contributed by atoms with E-state index in [1.165, 1.54) is 55.0 Å². The van der Waals surface area contributed by atoms with Crippen LogP contribution in [0.15, 0.2) is 11.2 Å². The summed E-state index contributed by atoms with van der Waals surface area (Å²) in [6, 6.07) is 0. The van der Waals surface area contributed by atoms with Gasteiger partial charge in [0.15, 0.2) is 5.96 Å². The van der Waals surface area contributed by atoms with Gasteiger partial charge in [0.2, 0.25) is 0 Å². The molecule has 1 saturated heterocycles. The standard InChI is InChI=1S/C17H28N4S/c1-14-12-20-15(22-14)6-10-19-16(18-2)21-11-9-17(13-21)7-4-3-5-8-17/h12H,3-11,13H2,1-2H3,(H,18,19). The van der Waals surface area contributed by atoms with Crippen LogP contribution >= 0.6 is 11.3 Å². The highest BCUT2D eigenvalue weighted by molar-refractivity contribution is 7.11. The highest BCUT2D eigenvalue weighted by Crippen LogP contribution is 2.43. The first-order valence-electron chi connectivity index (χ1n) is 8.58. The third-order valence-corrected chi connectivity index (χ3v) is 6.13. The first kappa shape index (κ1) is 15.8. The van der Waals surface area contributed by atoms with Gasteiger partial charge >= 0.3 is 0 Å². The Bertz CT molecular complexity index is 516. The van der Waals surface area contributed by atoms with Crippen LogP contribution in [0.4, 0.5) is 0 Å². The van der Waals surface area contributed by atoms with Crippen molar-refractivity contribution in [1.82, 2.24) is 15.2 Å². The molecular weight excluding hydrogens is 292 g/mol. The predicted molar refractivity (Wildman–Crippen MR) is 93.6 cm³/mol. The molecule has 0 bridgehead atoms. The van der Waals surface area contributed by atoms with Crippen LogP contribution in [0.5, 0.6) is 0 Å². The Hall–Kier alpha value is -1.10. The molecule has 0 aromatic carbocycles. The normalized spacial score (nSPS) is 21.5. The van der Waals surface area contributed by atoms with E-state index in [4.69, 9.17) is 0 Å². The number of aromatic nitrogens is 1. The highest BCUT2D eigenvalue weighted by Gasteiger charge is 2.39. The van der Waals surface area contributed by atoms with Crippen molar-refractivity contribution in [2.24, 2.45) is 10.4 Å². The van der Waals surface area contributed by atoms with Crippen molar-refractivity contribution in [2.45, 2.75) is 51.9 Å². The van der Waals surface area contributed by atoms with E-state index >= 15 is 0 Å². The number of rotatable bonds is 3. The molecular formula is C17H28N4S. The summed E-state index contributed by atoms with van der Waals surface area (Å²) in [5.74, 6) is 1.08. The quantitative estimate of drug-likeness (QED) is 0.687. The molecule has 3 rings (SSSR count). The topological polar surface area (TPSA) is 40.5 Å². The fraction of sp³-hybridized carbons (Fsp3) is 0.765. The third-order valence-electron chi connectivity index (χ3n) is 5.15. The first-order valence-corrected chi connectivity index (χ1v) is 9.39. The maximum absolute atomic E-state index is 4.50. The van der Waals surface area contributed by atoms with Gasteiger partial charge in [-0.25, -0.2) is 4.98 Å². The SMILES string of the molecule is CN=C(NCCc1ncc(C)s1)N1CCC2(CCCCC2)C1. The maximum atomic E-state index is 4.50. The van der Waals surface area contributed by atoms with Gasteiger partial charge in [0.05, 0.1) is 5.01 Å². The zero-order valence-corrected chi connectivity index (χ0v) is 14.7. The summed E-state index contributed by atoms with van der Waals surface area (Å²) < 4.78 is 0. The smallest absolute Gasteiger partial charge is 0.193 e. The van der Waals surface area contributed by atoms with Crippen LogP contribution in [0, 0.1) is 12.3 Å². The lowest BCUT2D eigenvalue weighted by atomic mass is 9.73. The summed E-state index contributed by atoms with van der Waals surface area (Å²) in [4.78, 5) is 12.7. The second-order valence-electron chi connectivity index (χ2n) is 6.82.